The lowest BCUT2D eigenvalue weighted by Gasteiger charge is -2.13. The van der Waals surface area contributed by atoms with Crippen LogP contribution in [0.3, 0.4) is 0 Å². The van der Waals surface area contributed by atoms with Crippen LogP contribution >= 0.6 is 11.8 Å². The number of thioether (sulfide) groups is 1. The molecule has 1 rings (SSSR count). The van der Waals surface area contributed by atoms with Gasteiger partial charge in [-0.1, -0.05) is 6.92 Å². The van der Waals surface area contributed by atoms with E-state index in [0.717, 1.165) is 32.4 Å². The van der Waals surface area contributed by atoms with Crippen LogP contribution in [0.25, 0.3) is 0 Å². The smallest absolute Gasteiger partial charge is 0.211 e. The SMILES string of the molecule is CCNCCCS(=O)(=O)NC1CCC(SC)C1. The van der Waals surface area contributed by atoms with Gasteiger partial charge in [0.25, 0.3) is 0 Å². The standard InChI is InChI=1S/C11H24N2O2S2/c1-3-12-7-4-8-17(14,15)13-10-5-6-11(9-10)16-2/h10-13H,3-9H2,1-2H3. The number of rotatable bonds is 8. The third-order valence-electron chi connectivity index (χ3n) is 3.08. The van der Waals surface area contributed by atoms with E-state index in [4.69, 9.17) is 0 Å². The van der Waals surface area contributed by atoms with E-state index in [9.17, 15) is 8.42 Å². The minimum absolute atomic E-state index is 0.164. The molecule has 0 radical (unpaired) electrons. The molecule has 0 aliphatic heterocycles. The van der Waals surface area contributed by atoms with Crippen molar-refractivity contribution in [2.45, 2.75) is 43.9 Å². The lowest BCUT2D eigenvalue weighted by molar-refractivity contribution is 0.548. The molecule has 0 aromatic rings. The molecule has 1 saturated carbocycles. The molecule has 0 aromatic carbocycles. The topological polar surface area (TPSA) is 58.2 Å². The Morgan fingerprint density at radius 2 is 2.12 bits per heavy atom. The lowest BCUT2D eigenvalue weighted by Crippen LogP contribution is -2.35. The molecule has 1 aliphatic rings. The fourth-order valence-electron chi connectivity index (χ4n) is 2.14. The predicted molar refractivity (Wildman–Crippen MR) is 75.0 cm³/mol. The Labute approximate surface area is 109 Å². The van der Waals surface area contributed by atoms with Crippen LogP contribution < -0.4 is 10.0 Å². The number of hydrogen-bond donors (Lipinski definition) is 2. The zero-order chi connectivity index (χ0) is 12.7. The second-order valence-electron chi connectivity index (χ2n) is 4.51. The van der Waals surface area contributed by atoms with Crippen molar-refractivity contribution in [3.63, 3.8) is 0 Å². The summed E-state index contributed by atoms with van der Waals surface area (Å²) in [6.07, 6.45) is 5.87. The summed E-state index contributed by atoms with van der Waals surface area (Å²) in [5.74, 6) is 0.237. The van der Waals surface area contributed by atoms with Crippen molar-refractivity contribution in [3.05, 3.63) is 0 Å². The first-order valence-electron chi connectivity index (χ1n) is 6.31. The first kappa shape index (κ1) is 15.3. The highest BCUT2D eigenvalue weighted by Gasteiger charge is 2.27. The Morgan fingerprint density at radius 1 is 1.35 bits per heavy atom. The molecule has 0 spiro atoms. The van der Waals surface area contributed by atoms with E-state index < -0.39 is 10.0 Å². The van der Waals surface area contributed by atoms with Gasteiger partial charge in [0.1, 0.15) is 0 Å². The molecular weight excluding hydrogens is 256 g/mol. The van der Waals surface area contributed by atoms with Crippen LogP contribution in [0.1, 0.15) is 32.6 Å². The minimum atomic E-state index is -3.08. The lowest BCUT2D eigenvalue weighted by atomic mass is 10.3. The van der Waals surface area contributed by atoms with E-state index in [0.29, 0.717) is 11.7 Å². The molecule has 0 aromatic heterocycles. The van der Waals surface area contributed by atoms with E-state index in [1.54, 1.807) is 0 Å². The number of sulfonamides is 1. The van der Waals surface area contributed by atoms with Crippen LogP contribution in [0.4, 0.5) is 0 Å². The third kappa shape index (κ3) is 6.08. The van der Waals surface area contributed by atoms with Crippen molar-refractivity contribution < 1.29 is 8.42 Å². The molecule has 1 fully saturated rings. The van der Waals surface area contributed by atoms with Crippen LogP contribution in [0.5, 0.6) is 0 Å². The van der Waals surface area contributed by atoms with Crippen molar-refractivity contribution in [2.75, 3.05) is 25.1 Å². The van der Waals surface area contributed by atoms with Gasteiger partial charge >= 0.3 is 0 Å². The van der Waals surface area contributed by atoms with Gasteiger partial charge < -0.3 is 5.32 Å². The van der Waals surface area contributed by atoms with Crippen LogP contribution in [0, 0.1) is 0 Å². The quantitative estimate of drug-likeness (QED) is 0.656. The van der Waals surface area contributed by atoms with Crippen molar-refractivity contribution in [1.29, 1.82) is 0 Å². The molecule has 0 bridgehead atoms. The van der Waals surface area contributed by atoms with Gasteiger partial charge in [-0.2, -0.15) is 11.8 Å². The van der Waals surface area contributed by atoms with Crippen molar-refractivity contribution in [2.24, 2.45) is 0 Å². The first-order valence-corrected chi connectivity index (χ1v) is 9.25. The second kappa shape index (κ2) is 7.61. The fourth-order valence-corrected chi connectivity index (χ4v) is 4.30. The average molecular weight is 280 g/mol. The summed E-state index contributed by atoms with van der Waals surface area (Å²) in [6.45, 7) is 3.69. The Balaban J connectivity index is 2.25. The highest BCUT2D eigenvalue weighted by molar-refractivity contribution is 7.99. The maximum atomic E-state index is 11.8. The molecule has 0 heterocycles. The maximum absolute atomic E-state index is 11.8. The van der Waals surface area contributed by atoms with Crippen molar-refractivity contribution in [3.8, 4) is 0 Å². The Hall–Kier alpha value is 0.220. The molecule has 2 N–H and O–H groups in total. The molecule has 2 unspecified atom stereocenters. The summed E-state index contributed by atoms with van der Waals surface area (Å²) >= 11 is 1.84. The van der Waals surface area contributed by atoms with Gasteiger partial charge in [-0.05, 0) is 45.0 Å². The van der Waals surface area contributed by atoms with Gasteiger partial charge in [-0.3, -0.25) is 0 Å². The summed E-state index contributed by atoms with van der Waals surface area (Å²) in [4.78, 5) is 0. The molecule has 0 saturated heterocycles. The summed E-state index contributed by atoms with van der Waals surface area (Å²) in [5, 5.41) is 3.76. The van der Waals surface area contributed by atoms with Crippen molar-refractivity contribution in [1.82, 2.24) is 10.0 Å². The van der Waals surface area contributed by atoms with Crippen LogP contribution in [-0.4, -0.2) is 44.8 Å². The molecule has 6 heteroatoms. The van der Waals surface area contributed by atoms with Crippen molar-refractivity contribution >= 4 is 21.8 Å². The van der Waals surface area contributed by atoms with Gasteiger partial charge in [0, 0.05) is 11.3 Å². The fraction of sp³-hybridized carbons (Fsp3) is 1.00. The zero-order valence-corrected chi connectivity index (χ0v) is 12.4. The van der Waals surface area contributed by atoms with E-state index >= 15 is 0 Å². The van der Waals surface area contributed by atoms with Gasteiger partial charge in [0.05, 0.1) is 5.75 Å². The second-order valence-corrected chi connectivity index (χ2v) is 7.52. The Morgan fingerprint density at radius 3 is 2.71 bits per heavy atom. The molecule has 2 atom stereocenters. The van der Waals surface area contributed by atoms with E-state index in [2.05, 4.69) is 16.3 Å². The summed E-state index contributed by atoms with van der Waals surface area (Å²) in [5.41, 5.74) is 0. The largest absolute Gasteiger partial charge is 0.317 e. The van der Waals surface area contributed by atoms with Gasteiger partial charge in [-0.25, -0.2) is 13.1 Å². The summed E-state index contributed by atoms with van der Waals surface area (Å²) in [7, 11) is -3.08. The van der Waals surface area contributed by atoms with Crippen LogP contribution in [0.15, 0.2) is 0 Å². The molecule has 17 heavy (non-hydrogen) atoms. The Kier molecular flexibility index (Phi) is 6.84. The van der Waals surface area contributed by atoms with E-state index in [1.165, 1.54) is 0 Å². The highest BCUT2D eigenvalue weighted by Crippen LogP contribution is 2.28. The normalized spacial score (nSPS) is 25.3. The number of hydrogen-bond acceptors (Lipinski definition) is 4. The zero-order valence-electron chi connectivity index (χ0n) is 10.7. The summed E-state index contributed by atoms with van der Waals surface area (Å²) in [6, 6.07) is 0.164. The van der Waals surface area contributed by atoms with Crippen LogP contribution in [0.2, 0.25) is 0 Å². The third-order valence-corrected chi connectivity index (χ3v) is 5.69. The predicted octanol–water partition coefficient (Wildman–Crippen LogP) is 1.19. The monoisotopic (exact) mass is 280 g/mol. The maximum Gasteiger partial charge on any atom is 0.211 e. The van der Waals surface area contributed by atoms with E-state index in [-0.39, 0.29) is 11.8 Å². The molecular formula is C11H24N2O2S2. The summed E-state index contributed by atoms with van der Waals surface area (Å²) < 4.78 is 26.4. The first-order chi connectivity index (χ1) is 8.07. The average Bonchev–Trinajstić information content (AvgIpc) is 2.71. The number of nitrogens with one attached hydrogen (secondary N) is 2. The molecule has 4 nitrogen and oxygen atoms in total. The van der Waals surface area contributed by atoms with E-state index in [1.807, 2.05) is 18.7 Å². The van der Waals surface area contributed by atoms with Gasteiger partial charge in [0.2, 0.25) is 10.0 Å². The van der Waals surface area contributed by atoms with Crippen LogP contribution in [-0.2, 0) is 10.0 Å². The molecule has 0 amide bonds. The molecule has 1 aliphatic carbocycles. The minimum Gasteiger partial charge on any atom is -0.317 e. The van der Waals surface area contributed by atoms with Gasteiger partial charge in [0.15, 0.2) is 0 Å². The molecule has 102 valence electrons. The highest BCUT2D eigenvalue weighted by atomic mass is 32.2. The Bertz CT molecular complexity index is 307. The van der Waals surface area contributed by atoms with Gasteiger partial charge in [-0.15, -0.1) is 0 Å².